The zero-order valence-corrected chi connectivity index (χ0v) is 14.2. The summed E-state index contributed by atoms with van der Waals surface area (Å²) in [6.45, 7) is 0.755. The van der Waals surface area contributed by atoms with Crippen LogP contribution in [0.3, 0.4) is 0 Å². The Balaban J connectivity index is 1.38. The molecule has 0 saturated heterocycles. The molecule has 0 bridgehead atoms. The van der Waals surface area contributed by atoms with Crippen LogP contribution < -0.4 is 10.1 Å². The van der Waals surface area contributed by atoms with E-state index in [1.54, 1.807) is 0 Å². The Labute approximate surface area is 151 Å². The summed E-state index contributed by atoms with van der Waals surface area (Å²) in [7, 11) is 0. The van der Waals surface area contributed by atoms with Crippen LogP contribution in [0.1, 0.15) is 17.9 Å². The van der Waals surface area contributed by atoms with Gasteiger partial charge >= 0.3 is 0 Å². The summed E-state index contributed by atoms with van der Waals surface area (Å²) < 4.78 is 11.3. The van der Waals surface area contributed by atoms with Gasteiger partial charge in [-0.1, -0.05) is 36.4 Å². The summed E-state index contributed by atoms with van der Waals surface area (Å²) in [6, 6.07) is 17.4. The van der Waals surface area contributed by atoms with Crippen molar-refractivity contribution in [1.29, 1.82) is 0 Å². The van der Waals surface area contributed by atoms with E-state index in [4.69, 9.17) is 9.15 Å². The van der Waals surface area contributed by atoms with Crippen molar-refractivity contribution in [3.8, 4) is 17.2 Å². The second kappa shape index (κ2) is 7.39. The van der Waals surface area contributed by atoms with E-state index in [2.05, 4.69) is 15.5 Å². The quantitative estimate of drug-likeness (QED) is 0.783. The second-order valence-corrected chi connectivity index (χ2v) is 6.23. The van der Waals surface area contributed by atoms with Crippen LogP contribution >= 0.6 is 0 Å². The van der Waals surface area contributed by atoms with Crippen molar-refractivity contribution in [3.63, 3.8) is 0 Å². The summed E-state index contributed by atoms with van der Waals surface area (Å²) in [5.74, 6) is 1.56. The highest BCUT2D eigenvalue weighted by Crippen LogP contribution is 2.26. The number of nitrogens with zero attached hydrogens (tertiary/aromatic N) is 2. The largest absolute Gasteiger partial charge is 0.493 e. The van der Waals surface area contributed by atoms with Crippen LogP contribution in [0.15, 0.2) is 59.0 Å². The number of nitrogens with one attached hydrogen (secondary N) is 1. The Morgan fingerprint density at radius 3 is 2.77 bits per heavy atom. The number of hydrogen-bond donors (Lipinski definition) is 1. The minimum absolute atomic E-state index is 0.0234. The number of para-hydroxylation sites is 1. The normalized spacial score (nSPS) is 16.2. The summed E-state index contributed by atoms with van der Waals surface area (Å²) in [4.78, 5) is 12.6. The number of aromatic nitrogens is 2. The van der Waals surface area contributed by atoms with Gasteiger partial charge in [-0.05, 0) is 36.6 Å². The highest BCUT2D eigenvalue weighted by molar-refractivity contribution is 5.79. The Kier molecular flexibility index (Phi) is 4.64. The molecular formula is C20H19N3O3. The molecule has 1 aliphatic heterocycles. The van der Waals surface area contributed by atoms with E-state index in [9.17, 15) is 4.79 Å². The van der Waals surface area contributed by atoms with E-state index in [1.807, 2.05) is 54.6 Å². The molecule has 1 N–H and O–H groups in total. The molecule has 0 unspecified atom stereocenters. The third-order valence-corrected chi connectivity index (χ3v) is 4.44. The molecule has 132 valence electrons. The Morgan fingerprint density at radius 2 is 1.88 bits per heavy atom. The van der Waals surface area contributed by atoms with Crippen molar-refractivity contribution in [2.24, 2.45) is 5.92 Å². The summed E-state index contributed by atoms with van der Waals surface area (Å²) in [5, 5.41) is 10.9. The zero-order valence-electron chi connectivity index (χ0n) is 14.2. The molecule has 1 amide bonds. The minimum atomic E-state index is -0.129. The minimum Gasteiger partial charge on any atom is -0.493 e. The van der Waals surface area contributed by atoms with E-state index in [0.29, 0.717) is 31.2 Å². The van der Waals surface area contributed by atoms with Crippen molar-refractivity contribution >= 4 is 5.91 Å². The van der Waals surface area contributed by atoms with Gasteiger partial charge in [-0.25, -0.2) is 0 Å². The molecule has 0 fully saturated rings. The second-order valence-electron chi connectivity index (χ2n) is 6.23. The van der Waals surface area contributed by atoms with Crippen LogP contribution in [-0.4, -0.2) is 22.7 Å². The number of fused-ring (bicyclic) bond motifs is 1. The highest BCUT2D eigenvalue weighted by Gasteiger charge is 2.24. The lowest BCUT2D eigenvalue weighted by molar-refractivity contribution is -0.125. The van der Waals surface area contributed by atoms with Gasteiger partial charge in [0.25, 0.3) is 0 Å². The van der Waals surface area contributed by atoms with Gasteiger partial charge < -0.3 is 14.5 Å². The Hall–Kier alpha value is -3.15. The van der Waals surface area contributed by atoms with E-state index < -0.39 is 0 Å². The molecule has 0 saturated carbocycles. The molecule has 1 atom stereocenters. The first-order valence-corrected chi connectivity index (χ1v) is 8.66. The molecule has 6 nitrogen and oxygen atoms in total. The summed E-state index contributed by atoms with van der Waals surface area (Å²) >= 11 is 0. The first-order chi connectivity index (χ1) is 12.8. The van der Waals surface area contributed by atoms with E-state index in [-0.39, 0.29) is 18.4 Å². The number of benzene rings is 2. The first-order valence-electron chi connectivity index (χ1n) is 8.66. The smallest absolute Gasteiger partial charge is 0.247 e. The molecule has 4 rings (SSSR count). The van der Waals surface area contributed by atoms with Crippen molar-refractivity contribution in [3.05, 3.63) is 66.1 Å². The monoisotopic (exact) mass is 349 g/mol. The fraction of sp³-hybridized carbons (Fsp3) is 0.250. The Bertz CT molecular complexity index is 892. The van der Waals surface area contributed by atoms with Gasteiger partial charge in [0.1, 0.15) is 5.75 Å². The molecule has 0 radical (unpaired) electrons. The van der Waals surface area contributed by atoms with Gasteiger partial charge in [-0.15, -0.1) is 10.2 Å². The van der Waals surface area contributed by atoms with Crippen LogP contribution in [0.4, 0.5) is 0 Å². The van der Waals surface area contributed by atoms with Gasteiger partial charge in [0.15, 0.2) is 0 Å². The van der Waals surface area contributed by atoms with E-state index >= 15 is 0 Å². The molecule has 1 aliphatic rings. The predicted molar refractivity (Wildman–Crippen MR) is 95.3 cm³/mol. The number of amides is 1. The molecule has 2 heterocycles. The standard InChI is InChI=1S/C20H19N3O3/c24-19(16-10-11-25-17-9-5-4-8-15(17)12-16)21-13-18-22-23-20(26-18)14-6-2-1-3-7-14/h1-9,16H,10-13H2,(H,21,24)/t16-/m1/s1. The van der Waals surface area contributed by atoms with Gasteiger partial charge in [0.05, 0.1) is 13.2 Å². The van der Waals surface area contributed by atoms with Gasteiger partial charge in [-0.2, -0.15) is 0 Å². The average Bonchev–Trinajstić information content (AvgIpc) is 3.05. The van der Waals surface area contributed by atoms with Crippen LogP contribution in [0, 0.1) is 5.92 Å². The highest BCUT2D eigenvalue weighted by atomic mass is 16.5. The molecule has 0 aliphatic carbocycles. The summed E-state index contributed by atoms with van der Waals surface area (Å²) in [6.07, 6.45) is 1.35. The number of carbonyl (C=O) groups excluding carboxylic acids is 1. The fourth-order valence-corrected chi connectivity index (χ4v) is 3.05. The van der Waals surface area contributed by atoms with Crippen molar-refractivity contribution in [2.45, 2.75) is 19.4 Å². The van der Waals surface area contributed by atoms with E-state index in [0.717, 1.165) is 16.9 Å². The van der Waals surface area contributed by atoms with Crippen LogP contribution in [0.2, 0.25) is 0 Å². The number of hydrogen-bond acceptors (Lipinski definition) is 5. The van der Waals surface area contributed by atoms with Crippen molar-refractivity contribution in [1.82, 2.24) is 15.5 Å². The molecule has 6 heteroatoms. The van der Waals surface area contributed by atoms with Gasteiger partial charge in [0, 0.05) is 11.5 Å². The first kappa shape index (κ1) is 16.3. The lowest BCUT2D eigenvalue weighted by atomic mass is 9.96. The predicted octanol–water partition coefficient (Wildman–Crippen LogP) is 2.99. The van der Waals surface area contributed by atoms with Gasteiger partial charge in [0.2, 0.25) is 17.7 Å². The van der Waals surface area contributed by atoms with Crippen LogP contribution in [0.25, 0.3) is 11.5 Å². The van der Waals surface area contributed by atoms with Gasteiger partial charge in [-0.3, -0.25) is 4.79 Å². The third kappa shape index (κ3) is 3.59. The maximum Gasteiger partial charge on any atom is 0.247 e. The van der Waals surface area contributed by atoms with Crippen molar-refractivity contribution < 1.29 is 13.9 Å². The number of carbonyl (C=O) groups is 1. The number of ether oxygens (including phenoxy) is 1. The molecule has 0 spiro atoms. The van der Waals surface area contributed by atoms with Crippen LogP contribution in [0.5, 0.6) is 5.75 Å². The Morgan fingerprint density at radius 1 is 1.08 bits per heavy atom. The summed E-state index contributed by atoms with van der Waals surface area (Å²) in [5.41, 5.74) is 1.92. The van der Waals surface area contributed by atoms with Crippen molar-refractivity contribution in [2.75, 3.05) is 6.61 Å². The maximum absolute atomic E-state index is 12.6. The SMILES string of the molecule is O=C(NCc1nnc(-c2ccccc2)o1)[C@@H]1CCOc2ccccc2C1. The number of rotatable bonds is 4. The topological polar surface area (TPSA) is 77.3 Å². The fourth-order valence-electron chi connectivity index (χ4n) is 3.05. The lowest BCUT2D eigenvalue weighted by Gasteiger charge is -2.12. The zero-order chi connectivity index (χ0) is 17.8. The van der Waals surface area contributed by atoms with E-state index in [1.165, 1.54) is 0 Å². The average molecular weight is 349 g/mol. The molecule has 3 aromatic rings. The molecule has 1 aromatic heterocycles. The molecule has 2 aromatic carbocycles. The lowest BCUT2D eigenvalue weighted by Crippen LogP contribution is -2.31. The third-order valence-electron chi connectivity index (χ3n) is 4.44. The molecule has 26 heavy (non-hydrogen) atoms. The molecular weight excluding hydrogens is 330 g/mol. The van der Waals surface area contributed by atoms with Crippen LogP contribution in [-0.2, 0) is 17.8 Å². The maximum atomic E-state index is 12.6.